The lowest BCUT2D eigenvalue weighted by Crippen LogP contribution is -2.28. The summed E-state index contributed by atoms with van der Waals surface area (Å²) in [6, 6.07) is 11.0. The van der Waals surface area contributed by atoms with E-state index >= 15 is 0 Å². The Bertz CT molecular complexity index is 1020. The fourth-order valence-electron chi connectivity index (χ4n) is 3.98. The molecule has 150 valence electrons. The molecule has 2 aromatic rings. The van der Waals surface area contributed by atoms with Crippen LogP contribution in [0.4, 0.5) is 17.1 Å². The van der Waals surface area contributed by atoms with E-state index in [1.54, 1.807) is 28.9 Å². The van der Waals surface area contributed by atoms with Crippen molar-refractivity contribution >= 4 is 46.4 Å². The van der Waals surface area contributed by atoms with Crippen molar-refractivity contribution in [3.8, 4) is 0 Å². The van der Waals surface area contributed by atoms with Gasteiger partial charge in [0.1, 0.15) is 0 Å². The lowest BCUT2D eigenvalue weighted by molar-refractivity contribution is -0.122. The van der Waals surface area contributed by atoms with E-state index in [0.717, 1.165) is 28.9 Å². The summed E-state index contributed by atoms with van der Waals surface area (Å²) in [6.45, 7) is 4.44. The SMILES string of the molecule is CC(=O)N1CCc2cc(N3C[C@@H](C(=O)Nc4cc(Cl)ccc4C)CC3=O)ccc21. The number of nitrogens with zero attached hydrogens (tertiary/aromatic N) is 2. The topological polar surface area (TPSA) is 69.7 Å². The van der Waals surface area contributed by atoms with E-state index in [0.29, 0.717) is 23.8 Å². The minimum absolute atomic E-state index is 0.0155. The van der Waals surface area contributed by atoms with Crippen molar-refractivity contribution in [2.24, 2.45) is 5.92 Å². The molecule has 2 aliphatic heterocycles. The highest BCUT2D eigenvalue weighted by Gasteiger charge is 2.36. The highest BCUT2D eigenvalue weighted by molar-refractivity contribution is 6.31. The van der Waals surface area contributed by atoms with Gasteiger partial charge in [-0.25, -0.2) is 0 Å². The summed E-state index contributed by atoms with van der Waals surface area (Å²) in [5.74, 6) is -0.672. The molecule has 0 aromatic heterocycles. The molecule has 0 saturated carbocycles. The average Bonchev–Trinajstić information content (AvgIpc) is 3.27. The number of halogens is 1. The van der Waals surface area contributed by atoms with E-state index in [4.69, 9.17) is 11.6 Å². The van der Waals surface area contributed by atoms with Crippen LogP contribution in [-0.2, 0) is 20.8 Å². The summed E-state index contributed by atoms with van der Waals surface area (Å²) in [5.41, 5.74) is 4.30. The number of amides is 3. The van der Waals surface area contributed by atoms with Crippen molar-refractivity contribution in [3.05, 3.63) is 52.5 Å². The molecule has 2 aromatic carbocycles. The number of carbonyl (C=O) groups excluding carboxylic acids is 3. The number of carbonyl (C=O) groups is 3. The van der Waals surface area contributed by atoms with Crippen LogP contribution in [0.2, 0.25) is 5.02 Å². The van der Waals surface area contributed by atoms with Crippen LogP contribution in [-0.4, -0.2) is 30.8 Å². The lowest BCUT2D eigenvalue weighted by atomic mass is 10.1. The summed E-state index contributed by atoms with van der Waals surface area (Å²) >= 11 is 6.02. The van der Waals surface area contributed by atoms with Crippen molar-refractivity contribution < 1.29 is 14.4 Å². The van der Waals surface area contributed by atoms with Crippen LogP contribution in [0.5, 0.6) is 0 Å². The fraction of sp³-hybridized carbons (Fsp3) is 0.318. The number of hydrogen-bond acceptors (Lipinski definition) is 3. The number of nitrogens with one attached hydrogen (secondary N) is 1. The summed E-state index contributed by atoms with van der Waals surface area (Å²) in [5, 5.41) is 3.45. The van der Waals surface area contributed by atoms with Gasteiger partial charge in [0.15, 0.2) is 0 Å². The van der Waals surface area contributed by atoms with Gasteiger partial charge in [-0.2, -0.15) is 0 Å². The van der Waals surface area contributed by atoms with Crippen LogP contribution < -0.4 is 15.1 Å². The maximum absolute atomic E-state index is 12.7. The second-order valence-corrected chi connectivity index (χ2v) is 8.02. The molecule has 0 radical (unpaired) electrons. The molecule has 1 saturated heterocycles. The Balaban J connectivity index is 1.49. The molecule has 0 aliphatic carbocycles. The fourth-order valence-corrected chi connectivity index (χ4v) is 4.15. The normalized spacial score (nSPS) is 18.2. The first-order chi connectivity index (χ1) is 13.8. The lowest BCUT2D eigenvalue weighted by Gasteiger charge is -2.19. The molecule has 3 amide bonds. The van der Waals surface area contributed by atoms with Crippen LogP contribution in [0.1, 0.15) is 24.5 Å². The van der Waals surface area contributed by atoms with Crippen LogP contribution in [0, 0.1) is 12.8 Å². The summed E-state index contributed by atoms with van der Waals surface area (Å²) < 4.78 is 0. The van der Waals surface area contributed by atoms with Crippen molar-refractivity contribution in [3.63, 3.8) is 0 Å². The predicted molar refractivity (Wildman–Crippen MR) is 113 cm³/mol. The van der Waals surface area contributed by atoms with E-state index in [1.807, 2.05) is 31.2 Å². The third-order valence-corrected chi connectivity index (χ3v) is 5.84. The largest absolute Gasteiger partial charge is 0.325 e. The van der Waals surface area contributed by atoms with E-state index in [2.05, 4.69) is 5.32 Å². The van der Waals surface area contributed by atoms with Crippen molar-refractivity contribution in [1.29, 1.82) is 0 Å². The number of benzene rings is 2. The highest BCUT2D eigenvalue weighted by Crippen LogP contribution is 2.34. The Morgan fingerprint density at radius 2 is 1.97 bits per heavy atom. The summed E-state index contributed by atoms with van der Waals surface area (Å²) in [4.78, 5) is 40.5. The molecule has 4 rings (SSSR count). The quantitative estimate of drug-likeness (QED) is 0.839. The van der Waals surface area contributed by atoms with E-state index < -0.39 is 5.92 Å². The van der Waals surface area contributed by atoms with Gasteiger partial charge in [0.2, 0.25) is 17.7 Å². The summed E-state index contributed by atoms with van der Waals surface area (Å²) in [6.07, 6.45) is 0.935. The predicted octanol–water partition coefficient (Wildman–Crippen LogP) is 3.55. The van der Waals surface area contributed by atoms with Gasteiger partial charge < -0.3 is 15.1 Å². The molecule has 29 heavy (non-hydrogen) atoms. The Kier molecular flexibility index (Phi) is 5.04. The Labute approximate surface area is 174 Å². The van der Waals surface area contributed by atoms with Crippen molar-refractivity contribution in [2.45, 2.75) is 26.7 Å². The molecule has 0 bridgehead atoms. The Morgan fingerprint density at radius 1 is 1.17 bits per heavy atom. The van der Waals surface area contributed by atoms with E-state index in [-0.39, 0.29) is 24.1 Å². The van der Waals surface area contributed by atoms with E-state index in [9.17, 15) is 14.4 Å². The van der Waals surface area contributed by atoms with Crippen LogP contribution in [0.25, 0.3) is 0 Å². The molecule has 2 heterocycles. The number of rotatable bonds is 3. The first kappa shape index (κ1) is 19.5. The zero-order valence-electron chi connectivity index (χ0n) is 16.4. The number of fused-ring (bicyclic) bond motifs is 1. The maximum atomic E-state index is 12.7. The molecule has 7 heteroatoms. The molecular formula is C22H22ClN3O3. The van der Waals surface area contributed by atoms with Gasteiger partial charge in [-0.05, 0) is 54.8 Å². The van der Waals surface area contributed by atoms with Crippen LogP contribution >= 0.6 is 11.6 Å². The Hall–Kier alpha value is -2.86. The molecule has 6 nitrogen and oxygen atoms in total. The second kappa shape index (κ2) is 7.52. The molecule has 2 aliphatic rings. The molecule has 0 unspecified atom stereocenters. The van der Waals surface area contributed by atoms with Gasteiger partial charge in [0.05, 0.1) is 5.92 Å². The minimum atomic E-state index is -0.428. The van der Waals surface area contributed by atoms with Gasteiger partial charge in [0.25, 0.3) is 0 Å². The molecule has 0 spiro atoms. The van der Waals surface area contributed by atoms with E-state index in [1.165, 1.54) is 0 Å². The first-order valence-electron chi connectivity index (χ1n) is 9.62. The van der Waals surface area contributed by atoms with Crippen molar-refractivity contribution in [1.82, 2.24) is 0 Å². The van der Waals surface area contributed by atoms with Crippen LogP contribution in [0.15, 0.2) is 36.4 Å². The van der Waals surface area contributed by atoms with Crippen LogP contribution in [0.3, 0.4) is 0 Å². The van der Waals surface area contributed by atoms with Gasteiger partial charge >= 0.3 is 0 Å². The van der Waals surface area contributed by atoms with Gasteiger partial charge in [-0.3, -0.25) is 14.4 Å². The minimum Gasteiger partial charge on any atom is -0.325 e. The number of anilines is 3. The van der Waals surface area contributed by atoms with Gasteiger partial charge in [-0.1, -0.05) is 17.7 Å². The Morgan fingerprint density at radius 3 is 2.72 bits per heavy atom. The molecule has 1 N–H and O–H groups in total. The third-order valence-electron chi connectivity index (χ3n) is 5.60. The molecular weight excluding hydrogens is 390 g/mol. The molecule has 1 atom stereocenters. The maximum Gasteiger partial charge on any atom is 0.229 e. The average molecular weight is 412 g/mol. The monoisotopic (exact) mass is 411 g/mol. The zero-order chi connectivity index (χ0) is 20.7. The highest BCUT2D eigenvalue weighted by atomic mass is 35.5. The molecule has 1 fully saturated rings. The van der Waals surface area contributed by atoms with Gasteiger partial charge in [0, 0.05) is 48.5 Å². The number of hydrogen-bond donors (Lipinski definition) is 1. The third kappa shape index (κ3) is 3.72. The zero-order valence-corrected chi connectivity index (χ0v) is 17.1. The first-order valence-corrected chi connectivity index (χ1v) is 9.99. The standard InChI is InChI=1S/C22H22ClN3O3/c1-13-3-4-17(23)11-19(13)24-22(29)16-10-21(28)26(12-16)18-5-6-20-15(9-18)7-8-25(20)14(2)27/h3-6,9,11,16H,7-8,10,12H2,1-2H3,(H,24,29)/t16-/m0/s1. The summed E-state index contributed by atoms with van der Waals surface area (Å²) in [7, 11) is 0. The second-order valence-electron chi connectivity index (χ2n) is 7.59. The smallest absolute Gasteiger partial charge is 0.229 e. The van der Waals surface area contributed by atoms with Crippen molar-refractivity contribution in [2.75, 3.05) is 28.2 Å². The van der Waals surface area contributed by atoms with Gasteiger partial charge in [-0.15, -0.1) is 0 Å². The number of aryl methyl sites for hydroxylation is 1.